The van der Waals surface area contributed by atoms with Crippen LogP contribution in [0.2, 0.25) is 0 Å². The van der Waals surface area contributed by atoms with Crippen molar-refractivity contribution in [3.8, 4) is 5.75 Å². The first-order valence-electron chi connectivity index (χ1n) is 6.97. The van der Waals surface area contributed by atoms with Gasteiger partial charge in [0.15, 0.2) is 0 Å². The van der Waals surface area contributed by atoms with Gasteiger partial charge in [-0.2, -0.15) is 0 Å². The number of nitrogens with zero attached hydrogens (tertiary/aromatic N) is 1. The van der Waals surface area contributed by atoms with E-state index in [2.05, 4.69) is 11.9 Å². The third kappa shape index (κ3) is 4.16. The predicted octanol–water partition coefficient (Wildman–Crippen LogP) is 1.54. The fourth-order valence-corrected chi connectivity index (χ4v) is 2.42. The Bertz CT molecular complexity index is 463. The summed E-state index contributed by atoms with van der Waals surface area (Å²) >= 11 is 4.93. The zero-order valence-corrected chi connectivity index (χ0v) is 12.6. The molecule has 20 heavy (non-hydrogen) atoms. The van der Waals surface area contributed by atoms with Crippen LogP contribution in [0.25, 0.3) is 0 Å². The number of likely N-dealkylation sites (N-methyl/N-ethyl adjacent to an activating group) is 1. The van der Waals surface area contributed by atoms with Gasteiger partial charge in [0.2, 0.25) is 0 Å². The molecule has 0 aromatic heterocycles. The van der Waals surface area contributed by atoms with Crippen molar-refractivity contribution in [3.05, 3.63) is 29.8 Å². The van der Waals surface area contributed by atoms with Crippen molar-refractivity contribution in [1.82, 2.24) is 4.90 Å². The average Bonchev–Trinajstić information content (AvgIpc) is 2.34. The van der Waals surface area contributed by atoms with Gasteiger partial charge in [0.25, 0.3) is 0 Å². The van der Waals surface area contributed by atoms with Crippen molar-refractivity contribution < 1.29 is 9.84 Å². The molecule has 1 aromatic carbocycles. The summed E-state index contributed by atoms with van der Waals surface area (Å²) in [6.45, 7) is 0.914. The molecule has 0 saturated heterocycles. The maximum Gasteiger partial charge on any atom is 0.120 e. The van der Waals surface area contributed by atoms with E-state index in [-0.39, 0.29) is 6.61 Å². The van der Waals surface area contributed by atoms with Gasteiger partial charge < -0.3 is 20.5 Å². The fourth-order valence-electron chi connectivity index (χ4n) is 2.29. The molecule has 0 heterocycles. The van der Waals surface area contributed by atoms with E-state index in [9.17, 15) is 5.11 Å². The molecule has 0 amide bonds. The normalized spacial score (nSPS) is 16.8. The largest absolute Gasteiger partial charge is 0.491 e. The number of benzene rings is 1. The highest BCUT2D eigenvalue weighted by Crippen LogP contribution is 2.23. The van der Waals surface area contributed by atoms with Gasteiger partial charge in [-0.3, -0.25) is 0 Å². The van der Waals surface area contributed by atoms with Crippen LogP contribution in [0.3, 0.4) is 0 Å². The third-order valence-electron chi connectivity index (χ3n) is 3.76. The Morgan fingerprint density at radius 2 is 2.30 bits per heavy atom. The molecule has 1 saturated carbocycles. The van der Waals surface area contributed by atoms with E-state index in [0.29, 0.717) is 23.3 Å². The van der Waals surface area contributed by atoms with Crippen LogP contribution in [0.1, 0.15) is 24.8 Å². The van der Waals surface area contributed by atoms with E-state index in [1.807, 2.05) is 18.2 Å². The van der Waals surface area contributed by atoms with Crippen LogP contribution in [-0.4, -0.2) is 47.3 Å². The highest BCUT2D eigenvalue weighted by Gasteiger charge is 2.23. The molecule has 5 heteroatoms. The zero-order chi connectivity index (χ0) is 14.5. The molecule has 3 N–H and O–H groups in total. The lowest BCUT2D eigenvalue weighted by molar-refractivity contribution is 0.0476. The van der Waals surface area contributed by atoms with Crippen molar-refractivity contribution in [2.24, 2.45) is 5.73 Å². The molecule has 1 fully saturated rings. The topological polar surface area (TPSA) is 58.7 Å². The second-order valence-electron chi connectivity index (χ2n) is 5.38. The molecule has 1 aliphatic rings. The van der Waals surface area contributed by atoms with Crippen LogP contribution in [0, 0.1) is 0 Å². The number of hydrogen-bond acceptors (Lipinski definition) is 4. The second-order valence-corrected chi connectivity index (χ2v) is 5.82. The molecule has 2 rings (SSSR count). The highest BCUT2D eigenvalue weighted by molar-refractivity contribution is 7.80. The number of ether oxygens (including phenoxy) is 1. The summed E-state index contributed by atoms with van der Waals surface area (Å²) < 4.78 is 5.60. The molecule has 0 radical (unpaired) electrons. The Morgan fingerprint density at radius 1 is 1.55 bits per heavy atom. The lowest BCUT2D eigenvalue weighted by Gasteiger charge is -2.35. The van der Waals surface area contributed by atoms with Crippen molar-refractivity contribution >= 4 is 17.2 Å². The van der Waals surface area contributed by atoms with Crippen molar-refractivity contribution in [2.45, 2.75) is 31.4 Å². The fraction of sp³-hybridized carbons (Fsp3) is 0.533. The molecule has 0 bridgehead atoms. The van der Waals surface area contributed by atoms with Gasteiger partial charge >= 0.3 is 0 Å². The summed E-state index contributed by atoms with van der Waals surface area (Å²) in [5, 5.41) is 10.0. The molecular weight excluding hydrogens is 272 g/mol. The molecule has 4 nitrogen and oxygen atoms in total. The van der Waals surface area contributed by atoms with Crippen LogP contribution < -0.4 is 10.5 Å². The second kappa shape index (κ2) is 7.02. The third-order valence-corrected chi connectivity index (χ3v) is 3.99. The minimum atomic E-state index is -0.492. The van der Waals surface area contributed by atoms with Crippen molar-refractivity contribution in [3.63, 3.8) is 0 Å². The number of aliphatic hydroxyl groups excluding tert-OH is 1. The number of aliphatic hydroxyl groups is 1. The van der Waals surface area contributed by atoms with E-state index in [1.54, 1.807) is 6.07 Å². The molecule has 1 unspecified atom stereocenters. The van der Waals surface area contributed by atoms with Gasteiger partial charge in [-0.25, -0.2) is 0 Å². The van der Waals surface area contributed by atoms with Gasteiger partial charge in [-0.15, -0.1) is 0 Å². The Hall–Kier alpha value is -1.17. The molecule has 0 aliphatic heterocycles. The summed E-state index contributed by atoms with van der Waals surface area (Å²) in [4.78, 5) is 2.56. The Balaban J connectivity index is 1.78. The summed E-state index contributed by atoms with van der Waals surface area (Å²) in [7, 11) is 2.06. The highest BCUT2D eigenvalue weighted by atomic mass is 32.1. The van der Waals surface area contributed by atoms with Crippen LogP contribution in [0.4, 0.5) is 0 Å². The molecule has 0 spiro atoms. The molecule has 1 aromatic rings. The van der Waals surface area contributed by atoms with Crippen molar-refractivity contribution in [2.75, 3.05) is 20.2 Å². The quantitative estimate of drug-likeness (QED) is 0.747. The first-order valence-corrected chi connectivity index (χ1v) is 7.38. The van der Waals surface area contributed by atoms with Crippen LogP contribution in [0.5, 0.6) is 5.75 Å². The van der Waals surface area contributed by atoms with Gasteiger partial charge in [-0.1, -0.05) is 30.8 Å². The van der Waals surface area contributed by atoms with Gasteiger partial charge in [0.1, 0.15) is 23.4 Å². The van der Waals surface area contributed by atoms with Gasteiger partial charge in [-0.05, 0) is 32.0 Å². The van der Waals surface area contributed by atoms with E-state index in [1.165, 1.54) is 19.3 Å². The number of rotatable bonds is 7. The van der Waals surface area contributed by atoms with Crippen LogP contribution in [0.15, 0.2) is 24.3 Å². The standard InChI is InChI=1S/C15H22N2O2S/c1-17(12-5-3-6-12)9-13(18)10-19-14-7-2-4-11(8-14)15(16)20/h2,4,7-8,12-13,18H,3,5-6,9-10H2,1H3,(H2,16,20). The molecule has 110 valence electrons. The molecular formula is C15H22N2O2S. The van der Waals surface area contributed by atoms with Crippen molar-refractivity contribution in [1.29, 1.82) is 0 Å². The summed E-state index contributed by atoms with van der Waals surface area (Å²) in [5.74, 6) is 0.681. The minimum absolute atomic E-state index is 0.276. The Morgan fingerprint density at radius 3 is 2.90 bits per heavy atom. The smallest absolute Gasteiger partial charge is 0.120 e. The first-order chi connectivity index (χ1) is 9.56. The maximum atomic E-state index is 10.0. The predicted molar refractivity (Wildman–Crippen MR) is 84.1 cm³/mol. The molecule has 1 aliphatic carbocycles. The average molecular weight is 294 g/mol. The van der Waals surface area contributed by atoms with E-state index >= 15 is 0 Å². The Kier molecular flexibility index (Phi) is 5.34. The first kappa shape index (κ1) is 15.2. The Labute approximate surface area is 125 Å². The maximum absolute atomic E-state index is 10.0. The van der Waals surface area contributed by atoms with E-state index in [0.717, 1.165) is 5.56 Å². The number of thiocarbonyl (C=S) groups is 1. The molecule has 1 atom stereocenters. The van der Waals surface area contributed by atoms with E-state index in [4.69, 9.17) is 22.7 Å². The van der Waals surface area contributed by atoms with Gasteiger partial charge in [0.05, 0.1) is 0 Å². The number of nitrogens with two attached hydrogens (primary N) is 1. The summed E-state index contributed by atoms with van der Waals surface area (Å²) in [6.07, 6.45) is 3.28. The lowest BCUT2D eigenvalue weighted by Crippen LogP contribution is -2.42. The lowest BCUT2D eigenvalue weighted by atomic mass is 9.92. The summed E-state index contributed by atoms with van der Waals surface area (Å²) in [5.41, 5.74) is 6.36. The SMILES string of the molecule is CN(CC(O)COc1cccc(C(N)=S)c1)C1CCC1. The summed E-state index contributed by atoms with van der Waals surface area (Å²) in [6, 6.07) is 7.95. The minimum Gasteiger partial charge on any atom is -0.491 e. The van der Waals surface area contributed by atoms with E-state index < -0.39 is 6.10 Å². The zero-order valence-electron chi connectivity index (χ0n) is 11.8. The monoisotopic (exact) mass is 294 g/mol. The van der Waals surface area contributed by atoms with Crippen LogP contribution >= 0.6 is 12.2 Å². The number of hydrogen-bond donors (Lipinski definition) is 2. The van der Waals surface area contributed by atoms with Crippen LogP contribution in [-0.2, 0) is 0 Å². The van der Waals surface area contributed by atoms with Gasteiger partial charge in [0, 0.05) is 18.2 Å².